The maximum atomic E-state index is 9.90. The molecule has 0 aliphatic heterocycles. The fourth-order valence-corrected chi connectivity index (χ4v) is 5.69. The smallest absolute Gasteiger partial charge is 0.303 e. The van der Waals surface area contributed by atoms with Gasteiger partial charge in [-0.2, -0.15) is 0 Å². The lowest BCUT2D eigenvalue weighted by Gasteiger charge is -2.38. The van der Waals surface area contributed by atoms with Crippen LogP contribution in [0.3, 0.4) is 0 Å². The van der Waals surface area contributed by atoms with Gasteiger partial charge in [0.05, 0.1) is 52.4 Å². The van der Waals surface area contributed by atoms with Gasteiger partial charge in [-0.3, -0.25) is 9.59 Å². The standard InChI is InChI=1S/2C12H28N.C6H10O4/c2*1-5-9-13(10-6-2,11-7-3)12-8-4;7-5(8)3-1-2-4-6(9)10/h2*5-12H2,1-4H3;1-4H2,(H,7,8)(H,9,10)/q2*+1;. The highest BCUT2D eigenvalue weighted by Gasteiger charge is 2.23. The van der Waals surface area contributed by atoms with Crippen molar-refractivity contribution in [2.24, 2.45) is 0 Å². The lowest BCUT2D eigenvalue weighted by Crippen LogP contribution is -2.50. The molecule has 0 heterocycles. The first kappa shape index (κ1) is 39.4. The van der Waals surface area contributed by atoms with Gasteiger partial charge in [0, 0.05) is 12.8 Å². The molecule has 0 aliphatic rings. The second-order valence-corrected chi connectivity index (χ2v) is 10.5. The van der Waals surface area contributed by atoms with E-state index in [4.69, 9.17) is 10.2 Å². The minimum atomic E-state index is -0.870. The second-order valence-electron chi connectivity index (χ2n) is 10.5. The van der Waals surface area contributed by atoms with Gasteiger partial charge >= 0.3 is 11.9 Å². The molecule has 0 rings (SSSR count). The SMILES string of the molecule is CCC[N+](CCC)(CCC)CCC.CCC[N+](CCC)(CCC)CCC.O=C(O)CCCCC(=O)O. The van der Waals surface area contributed by atoms with Gasteiger partial charge in [-0.25, -0.2) is 0 Å². The molecule has 0 saturated heterocycles. The number of rotatable bonds is 21. The number of hydrogen-bond acceptors (Lipinski definition) is 2. The summed E-state index contributed by atoms with van der Waals surface area (Å²) in [6.45, 7) is 29.6. The third-order valence-electron chi connectivity index (χ3n) is 6.61. The first-order valence-corrected chi connectivity index (χ1v) is 15.2. The molecule has 0 saturated carbocycles. The summed E-state index contributed by atoms with van der Waals surface area (Å²) in [6.07, 6.45) is 11.7. The summed E-state index contributed by atoms with van der Waals surface area (Å²) in [4.78, 5) is 19.8. The van der Waals surface area contributed by atoms with E-state index in [1.807, 2.05) is 0 Å². The van der Waals surface area contributed by atoms with Crippen molar-refractivity contribution in [1.82, 2.24) is 0 Å². The van der Waals surface area contributed by atoms with E-state index in [0.717, 1.165) is 0 Å². The number of carboxylic acids is 2. The number of carbonyl (C=O) groups is 2. The van der Waals surface area contributed by atoms with Crippen molar-refractivity contribution in [2.75, 3.05) is 52.4 Å². The zero-order chi connectivity index (χ0) is 28.3. The Bertz CT molecular complexity index is 394. The third-order valence-corrected chi connectivity index (χ3v) is 6.61. The third kappa shape index (κ3) is 23.3. The minimum absolute atomic E-state index is 0.0628. The molecule has 0 aromatic rings. The average Bonchev–Trinajstić information content (AvgIpc) is 2.79. The van der Waals surface area contributed by atoms with Crippen LogP contribution in [-0.4, -0.2) is 83.5 Å². The van der Waals surface area contributed by atoms with Crippen LogP contribution in [0.5, 0.6) is 0 Å². The first-order valence-electron chi connectivity index (χ1n) is 15.2. The Morgan fingerprint density at radius 1 is 0.417 bits per heavy atom. The molecule has 0 atom stereocenters. The topological polar surface area (TPSA) is 74.6 Å². The number of aliphatic carboxylic acids is 2. The maximum absolute atomic E-state index is 9.90. The molecule has 2 N–H and O–H groups in total. The Morgan fingerprint density at radius 3 is 0.694 bits per heavy atom. The van der Waals surface area contributed by atoms with Crippen molar-refractivity contribution >= 4 is 11.9 Å². The van der Waals surface area contributed by atoms with Crippen molar-refractivity contribution in [3.63, 3.8) is 0 Å². The van der Waals surface area contributed by atoms with Crippen LogP contribution in [0.1, 0.15) is 132 Å². The van der Waals surface area contributed by atoms with Crippen molar-refractivity contribution < 1.29 is 28.8 Å². The van der Waals surface area contributed by atoms with Crippen LogP contribution >= 0.6 is 0 Å². The summed E-state index contributed by atoms with van der Waals surface area (Å²) in [5, 5.41) is 16.3. The molecular formula is C30H66N2O4+2. The van der Waals surface area contributed by atoms with Crippen LogP contribution in [0.4, 0.5) is 0 Å². The van der Waals surface area contributed by atoms with Crippen LogP contribution < -0.4 is 0 Å². The second kappa shape index (κ2) is 26.9. The number of unbranched alkanes of at least 4 members (excludes halogenated alkanes) is 1. The van der Waals surface area contributed by atoms with Crippen molar-refractivity contribution in [2.45, 2.75) is 132 Å². The first-order chi connectivity index (χ1) is 17.1. The number of hydrogen-bond donors (Lipinski definition) is 2. The molecule has 0 aromatic heterocycles. The van der Waals surface area contributed by atoms with Gasteiger partial charge in [-0.1, -0.05) is 55.4 Å². The van der Waals surface area contributed by atoms with E-state index < -0.39 is 11.9 Å². The monoisotopic (exact) mass is 519 g/mol. The molecule has 0 aromatic carbocycles. The fourth-order valence-electron chi connectivity index (χ4n) is 5.69. The summed E-state index contributed by atoms with van der Waals surface area (Å²) in [5.74, 6) is -1.74. The molecule has 6 nitrogen and oxygen atoms in total. The lowest BCUT2D eigenvalue weighted by atomic mass is 10.2. The zero-order valence-electron chi connectivity index (χ0n) is 25.7. The van der Waals surface area contributed by atoms with Crippen molar-refractivity contribution in [3.8, 4) is 0 Å². The molecule has 0 fully saturated rings. The van der Waals surface area contributed by atoms with Gasteiger partial charge < -0.3 is 19.2 Å². The Balaban J connectivity index is -0.000000459. The normalized spacial score (nSPS) is 11.2. The van der Waals surface area contributed by atoms with Crippen molar-refractivity contribution in [1.29, 1.82) is 0 Å². The largest absolute Gasteiger partial charge is 0.481 e. The Kier molecular flexibility index (Phi) is 29.4. The Labute approximate surface area is 225 Å². The average molecular weight is 519 g/mol. The molecule has 0 amide bonds. The Morgan fingerprint density at radius 2 is 0.583 bits per heavy atom. The van der Waals surface area contributed by atoms with Crippen LogP contribution in [0.15, 0.2) is 0 Å². The van der Waals surface area contributed by atoms with Crippen LogP contribution in [0, 0.1) is 0 Å². The predicted octanol–water partition coefficient (Wildman–Crippen LogP) is 7.60. The molecule has 0 bridgehead atoms. The van der Waals surface area contributed by atoms with Gasteiger partial charge in [-0.15, -0.1) is 0 Å². The zero-order valence-corrected chi connectivity index (χ0v) is 25.7. The van der Waals surface area contributed by atoms with E-state index in [9.17, 15) is 9.59 Å². The van der Waals surface area contributed by atoms with Gasteiger partial charge in [0.15, 0.2) is 0 Å². The summed E-state index contributed by atoms with van der Waals surface area (Å²) in [5.41, 5.74) is 0. The minimum Gasteiger partial charge on any atom is -0.481 e. The molecule has 0 unspecified atom stereocenters. The van der Waals surface area contributed by atoms with Gasteiger partial charge in [0.1, 0.15) is 0 Å². The summed E-state index contributed by atoms with van der Waals surface area (Å²) < 4.78 is 2.75. The van der Waals surface area contributed by atoms with Crippen LogP contribution in [0.2, 0.25) is 0 Å². The summed E-state index contributed by atoms with van der Waals surface area (Å²) in [7, 11) is 0. The number of nitrogens with zero attached hydrogens (tertiary/aromatic N) is 2. The van der Waals surface area contributed by atoms with E-state index in [-0.39, 0.29) is 12.8 Å². The van der Waals surface area contributed by atoms with Crippen LogP contribution in [0.25, 0.3) is 0 Å². The maximum Gasteiger partial charge on any atom is 0.303 e. The van der Waals surface area contributed by atoms with Crippen molar-refractivity contribution in [3.05, 3.63) is 0 Å². The highest BCUT2D eigenvalue weighted by molar-refractivity contribution is 5.67. The molecular weight excluding hydrogens is 452 g/mol. The molecule has 218 valence electrons. The van der Waals surface area contributed by atoms with E-state index in [1.165, 1.54) is 113 Å². The van der Waals surface area contributed by atoms with Gasteiger partial charge in [-0.05, 0) is 64.2 Å². The van der Waals surface area contributed by atoms with E-state index in [0.29, 0.717) is 12.8 Å². The van der Waals surface area contributed by atoms with E-state index in [1.54, 1.807) is 0 Å². The molecule has 6 heteroatoms. The fraction of sp³-hybridized carbons (Fsp3) is 0.933. The van der Waals surface area contributed by atoms with E-state index in [2.05, 4.69) is 55.4 Å². The number of carboxylic acid groups (broad SMARTS) is 2. The molecule has 0 aliphatic carbocycles. The quantitative estimate of drug-likeness (QED) is 0.121. The van der Waals surface area contributed by atoms with E-state index >= 15 is 0 Å². The molecule has 0 spiro atoms. The molecule has 0 radical (unpaired) electrons. The molecule has 36 heavy (non-hydrogen) atoms. The summed E-state index contributed by atoms with van der Waals surface area (Å²) in [6, 6.07) is 0. The predicted molar refractivity (Wildman–Crippen MR) is 156 cm³/mol. The summed E-state index contributed by atoms with van der Waals surface area (Å²) >= 11 is 0. The van der Waals surface area contributed by atoms with Gasteiger partial charge in [0.2, 0.25) is 0 Å². The highest BCUT2D eigenvalue weighted by atomic mass is 16.4. The Hall–Kier alpha value is -1.14. The highest BCUT2D eigenvalue weighted by Crippen LogP contribution is 2.13. The lowest BCUT2D eigenvalue weighted by molar-refractivity contribution is -0.928. The number of quaternary nitrogens is 2. The van der Waals surface area contributed by atoms with Gasteiger partial charge in [0.25, 0.3) is 0 Å². The van der Waals surface area contributed by atoms with Crippen LogP contribution in [-0.2, 0) is 9.59 Å².